The summed E-state index contributed by atoms with van der Waals surface area (Å²) in [5, 5.41) is 13.0. The number of nitrogens with one attached hydrogen (secondary N) is 1. The fraction of sp³-hybridized carbons (Fsp3) is 0.647. The van der Waals surface area contributed by atoms with Crippen molar-refractivity contribution < 1.29 is 5.11 Å². The molecule has 0 fully saturated rings. The summed E-state index contributed by atoms with van der Waals surface area (Å²) in [4.78, 5) is 0. The lowest BCUT2D eigenvalue weighted by molar-refractivity contribution is 0.162. The van der Waals surface area contributed by atoms with Crippen molar-refractivity contribution in [2.75, 3.05) is 6.54 Å². The smallest absolute Gasteiger partial charge is 0.0515 e. The van der Waals surface area contributed by atoms with Crippen LogP contribution in [0.4, 0.5) is 0 Å². The number of aliphatic hydroxyl groups excluding tert-OH is 1. The average Bonchev–Trinajstić information content (AvgIpc) is 2.82. The molecule has 1 aliphatic carbocycles. The molecule has 1 aromatic rings. The van der Waals surface area contributed by atoms with Crippen LogP contribution in [0.25, 0.3) is 0 Å². The highest BCUT2D eigenvalue weighted by atomic mass is 16.3. The first kappa shape index (κ1) is 14.5. The summed E-state index contributed by atoms with van der Waals surface area (Å²) in [6.45, 7) is 7.24. The Morgan fingerprint density at radius 1 is 1.16 bits per heavy atom. The number of hydrogen-bond acceptors (Lipinski definition) is 2. The molecule has 1 aromatic carbocycles. The van der Waals surface area contributed by atoms with Gasteiger partial charge in [-0.15, -0.1) is 0 Å². The van der Waals surface area contributed by atoms with Gasteiger partial charge in [0.2, 0.25) is 0 Å². The van der Waals surface area contributed by atoms with Crippen LogP contribution < -0.4 is 5.32 Å². The van der Waals surface area contributed by atoms with Gasteiger partial charge in [-0.25, -0.2) is 0 Å². The molecule has 2 rings (SSSR count). The van der Waals surface area contributed by atoms with Crippen molar-refractivity contribution in [3.05, 3.63) is 34.9 Å². The number of aliphatic hydroxyl groups is 1. The van der Waals surface area contributed by atoms with Gasteiger partial charge in [-0.2, -0.15) is 0 Å². The molecule has 2 N–H and O–H groups in total. The largest absolute Gasteiger partial charge is 0.393 e. The van der Waals surface area contributed by atoms with Crippen molar-refractivity contribution in [3.63, 3.8) is 0 Å². The van der Waals surface area contributed by atoms with Crippen LogP contribution in [0.3, 0.4) is 0 Å². The van der Waals surface area contributed by atoms with E-state index < -0.39 is 0 Å². The molecule has 2 nitrogen and oxygen atoms in total. The summed E-state index contributed by atoms with van der Waals surface area (Å²) in [6, 6.07) is 7.33. The molecule has 106 valence electrons. The van der Waals surface area contributed by atoms with Crippen molar-refractivity contribution in [1.29, 1.82) is 0 Å². The molecule has 19 heavy (non-hydrogen) atoms. The van der Waals surface area contributed by atoms with Crippen molar-refractivity contribution in [3.8, 4) is 0 Å². The zero-order valence-electron chi connectivity index (χ0n) is 12.4. The number of benzene rings is 1. The molecule has 0 bridgehead atoms. The standard InChI is InChI=1S/C17H27NO/c1-12(9-13(2)19)11-18-14(3)16-8-7-15-5-4-6-17(15)10-16/h7-8,10,12-14,18-19H,4-6,9,11H2,1-3H3. The van der Waals surface area contributed by atoms with E-state index in [2.05, 4.69) is 37.4 Å². The molecule has 1 aliphatic rings. The predicted molar refractivity (Wildman–Crippen MR) is 80.3 cm³/mol. The lowest BCUT2D eigenvalue weighted by atomic mass is 10.0. The van der Waals surface area contributed by atoms with Crippen LogP contribution in [0.1, 0.15) is 56.3 Å². The van der Waals surface area contributed by atoms with E-state index in [4.69, 9.17) is 0 Å². The van der Waals surface area contributed by atoms with Gasteiger partial charge in [0, 0.05) is 6.04 Å². The second kappa shape index (κ2) is 6.53. The van der Waals surface area contributed by atoms with E-state index in [9.17, 15) is 5.11 Å². The first-order chi connectivity index (χ1) is 9.06. The van der Waals surface area contributed by atoms with E-state index in [1.165, 1.54) is 24.8 Å². The van der Waals surface area contributed by atoms with E-state index >= 15 is 0 Å². The topological polar surface area (TPSA) is 32.3 Å². The van der Waals surface area contributed by atoms with Gasteiger partial charge < -0.3 is 10.4 Å². The quantitative estimate of drug-likeness (QED) is 0.824. The van der Waals surface area contributed by atoms with E-state index in [-0.39, 0.29) is 6.10 Å². The normalized spacial score (nSPS) is 18.9. The third-order valence-corrected chi connectivity index (χ3v) is 4.14. The summed E-state index contributed by atoms with van der Waals surface area (Å²) in [5.74, 6) is 0.511. The van der Waals surface area contributed by atoms with E-state index in [0.717, 1.165) is 13.0 Å². The molecule has 0 aliphatic heterocycles. The van der Waals surface area contributed by atoms with Crippen LogP contribution in [0.15, 0.2) is 18.2 Å². The van der Waals surface area contributed by atoms with Crippen molar-refractivity contribution in [2.45, 2.75) is 58.6 Å². The minimum Gasteiger partial charge on any atom is -0.393 e. The van der Waals surface area contributed by atoms with Crippen LogP contribution in [0.2, 0.25) is 0 Å². The van der Waals surface area contributed by atoms with Crippen LogP contribution in [0.5, 0.6) is 0 Å². The highest BCUT2D eigenvalue weighted by Crippen LogP contribution is 2.25. The summed E-state index contributed by atoms with van der Waals surface area (Å²) in [6.07, 6.45) is 4.47. The maximum absolute atomic E-state index is 9.38. The van der Waals surface area contributed by atoms with Crippen molar-refractivity contribution in [2.24, 2.45) is 5.92 Å². The highest BCUT2D eigenvalue weighted by molar-refractivity contribution is 5.36. The maximum atomic E-state index is 9.38. The number of hydrogen-bond donors (Lipinski definition) is 2. The summed E-state index contributed by atoms with van der Waals surface area (Å²) in [7, 11) is 0. The third-order valence-electron chi connectivity index (χ3n) is 4.14. The molecular formula is C17H27NO. The zero-order chi connectivity index (χ0) is 13.8. The SMILES string of the molecule is CC(O)CC(C)CNC(C)c1ccc2c(c1)CCC2. The number of rotatable bonds is 6. The molecule has 0 spiro atoms. The summed E-state index contributed by atoms with van der Waals surface area (Å²) < 4.78 is 0. The van der Waals surface area contributed by atoms with Gasteiger partial charge in [0.25, 0.3) is 0 Å². The van der Waals surface area contributed by atoms with Crippen LogP contribution in [-0.4, -0.2) is 17.8 Å². The molecule has 0 radical (unpaired) electrons. The highest BCUT2D eigenvalue weighted by Gasteiger charge is 2.14. The van der Waals surface area contributed by atoms with Gasteiger partial charge in [0.1, 0.15) is 0 Å². The Morgan fingerprint density at radius 3 is 2.63 bits per heavy atom. The fourth-order valence-electron chi connectivity index (χ4n) is 3.02. The van der Waals surface area contributed by atoms with E-state index in [0.29, 0.717) is 12.0 Å². The Kier molecular flexibility index (Phi) is 5.00. The lowest BCUT2D eigenvalue weighted by Crippen LogP contribution is -2.26. The predicted octanol–water partition coefficient (Wildman–Crippen LogP) is 3.23. The minimum absolute atomic E-state index is 0.202. The Morgan fingerprint density at radius 2 is 1.89 bits per heavy atom. The Bertz CT molecular complexity index is 414. The second-order valence-corrected chi connectivity index (χ2v) is 6.20. The summed E-state index contributed by atoms with van der Waals surface area (Å²) >= 11 is 0. The summed E-state index contributed by atoms with van der Waals surface area (Å²) in [5.41, 5.74) is 4.48. The number of fused-ring (bicyclic) bond motifs is 1. The monoisotopic (exact) mass is 261 g/mol. The molecular weight excluding hydrogens is 234 g/mol. The van der Waals surface area contributed by atoms with Crippen LogP contribution in [-0.2, 0) is 12.8 Å². The van der Waals surface area contributed by atoms with Gasteiger partial charge >= 0.3 is 0 Å². The second-order valence-electron chi connectivity index (χ2n) is 6.20. The van der Waals surface area contributed by atoms with Crippen molar-refractivity contribution >= 4 is 0 Å². The number of aryl methyl sites for hydroxylation is 2. The van der Waals surface area contributed by atoms with Gasteiger partial charge in [-0.1, -0.05) is 25.1 Å². The first-order valence-electron chi connectivity index (χ1n) is 7.59. The van der Waals surface area contributed by atoms with Crippen LogP contribution >= 0.6 is 0 Å². The van der Waals surface area contributed by atoms with Crippen LogP contribution in [0, 0.1) is 5.92 Å². The Balaban J connectivity index is 1.87. The molecule has 0 heterocycles. The zero-order valence-corrected chi connectivity index (χ0v) is 12.4. The minimum atomic E-state index is -0.202. The molecule has 0 amide bonds. The van der Waals surface area contributed by atoms with Gasteiger partial charge in [-0.05, 0) is 68.7 Å². The maximum Gasteiger partial charge on any atom is 0.0515 e. The van der Waals surface area contributed by atoms with Gasteiger partial charge in [0.15, 0.2) is 0 Å². The molecule has 0 saturated carbocycles. The average molecular weight is 261 g/mol. The Hall–Kier alpha value is -0.860. The van der Waals surface area contributed by atoms with Gasteiger partial charge in [0.05, 0.1) is 6.10 Å². The fourth-order valence-corrected chi connectivity index (χ4v) is 3.02. The molecule has 0 saturated heterocycles. The van der Waals surface area contributed by atoms with Gasteiger partial charge in [-0.3, -0.25) is 0 Å². The van der Waals surface area contributed by atoms with Crippen molar-refractivity contribution in [1.82, 2.24) is 5.32 Å². The molecule has 3 atom stereocenters. The lowest BCUT2D eigenvalue weighted by Gasteiger charge is -2.19. The molecule has 2 heteroatoms. The first-order valence-corrected chi connectivity index (χ1v) is 7.59. The Labute approximate surface area is 117 Å². The molecule has 3 unspecified atom stereocenters. The third kappa shape index (κ3) is 4.05. The van der Waals surface area contributed by atoms with E-state index in [1.54, 1.807) is 11.1 Å². The van der Waals surface area contributed by atoms with E-state index in [1.807, 2.05) is 6.92 Å². The molecule has 0 aromatic heterocycles.